The van der Waals surface area contributed by atoms with Gasteiger partial charge in [-0.25, -0.2) is 0 Å². The van der Waals surface area contributed by atoms with Crippen LogP contribution in [0.5, 0.6) is 0 Å². The number of hydrogen-bond acceptors (Lipinski definition) is 1. The van der Waals surface area contributed by atoms with Gasteiger partial charge in [0.05, 0.1) is 0 Å². The van der Waals surface area contributed by atoms with E-state index in [1.807, 2.05) is 0 Å². The fourth-order valence-electron chi connectivity index (χ4n) is 4.52. The summed E-state index contributed by atoms with van der Waals surface area (Å²) in [6, 6.07) is 0.786. The van der Waals surface area contributed by atoms with Crippen LogP contribution >= 0.6 is 0 Å². The molecule has 0 radical (unpaired) electrons. The van der Waals surface area contributed by atoms with E-state index < -0.39 is 0 Å². The van der Waals surface area contributed by atoms with Gasteiger partial charge in [-0.05, 0) is 43.1 Å². The molecule has 2 aliphatic carbocycles. The lowest BCUT2D eigenvalue weighted by atomic mass is 9.64. The zero-order chi connectivity index (χ0) is 13.0. The summed E-state index contributed by atoms with van der Waals surface area (Å²) in [5, 5.41) is 3.83. The Morgan fingerprint density at radius 1 is 1.06 bits per heavy atom. The number of nitrogens with one attached hydrogen (secondary N) is 1. The fraction of sp³-hybridized carbons (Fsp3) is 1.00. The molecular formula is C17H33N. The third-order valence-electron chi connectivity index (χ3n) is 5.60. The van der Waals surface area contributed by atoms with Crippen LogP contribution in [-0.2, 0) is 0 Å². The van der Waals surface area contributed by atoms with E-state index in [9.17, 15) is 0 Å². The molecule has 0 amide bonds. The van der Waals surface area contributed by atoms with Crippen LogP contribution in [0.1, 0.15) is 78.6 Å². The lowest BCUT2D eigenvalue weighted by molar-refractivity contribution is 0.0884. The second-order valence-corrected chi connectivity index (χ2v) is 7.39. The van der Waals surface area contributed by atoms with Crippen molar-refractivity contribution in [1.82, 2.24) is 5.32 Å². The van der Waals surface area contributed by atoms with Crippen molar-refractivity contribution in [2.24, 2.45) is 17.3 Å². The zero-order valence-corrected chi connectivity index (χ0v) is 12.8. The Balaban J connectivity index is 1.98. The Bertz CT molecular complexity index is 240. The monoisotopic (exact) mass is 251 g/mol. The summed E-state index contributed by atoms with van der Waals surface area (Å²) in [4.78, 5) is 0. The molecule has 2 rings (SSSR count). The highest BCUT2D eigenvalue weighted by atomic mass is 14.9. The summed E-state index contributed by atoms with van der Waals surface area (Å²) in [7, 11) is 0. The first-order chi connectivity index (χ1) is 8.63. The van der Waals surface area contributed by atoms with Crippen LogP contribution in [0.15, 0.2) is 0 Å². The van der Waals surface area contributed by atoms with Gasteiger partial charge in [-0.2, -0.15) is 0 Å². The Hall–Kier alpha value is -0.0400. The topological polar surface area (TPSA) is 12.0 Å². The normalized spacial score (nSPS) is 30.5. The van der Waals surface area contributed by atoms with Crippen molar-refractivity contribution in [2.75, 3.05) is 6.54 Å². The van der Waals surface area contributed by atoms with Crippen molar-refractivity contribution in [2.45, 2.75) is 84.6 Å². The first kappa shape index (κ1) is 14.4. The molecule has 2 atom stereocenters. The molecule has 0 aliphatic heterocycles. The molecule has 0 saturated heterocycles. The molecule has 2 aliphatic rings. The standard InChI is InChI=1S/C17H33N/c1-4-18-16(13-14-9-5-6-10-14)15-11-7-8-12-17(15,2)3/h14-16,18H,4-13H2,1-3H3. The summed E-state index contributed by atoms with van der Waals surface area (Å²) < 4.78 is 0. The zero-order valence-electron chi connectivity index (χ0n) is 12.8. The van der Waals surface area contributed by atoms with Crippen LogP contribution < -0.4 is 5.32 Å². The molecular weight excluding hydrogens is 218 g/mol. The third kappa shape index (κ3) is 3.50. The van der Waals surface area contributed by atoms with Crippen molar-refractivity contribution in [3.8, 4) is 0 Å². The second kappa shape index (κ2) is 6.41. The maximum absolute atomic E-state index is 3.83. The molecule has 0 heterocycles. The van der Waals surface area contributed by atoms with E-state index >= 15 is 0 Å². The van der Waals surface area contributed by atoms with Gasteiger partial charge < -0.3 is 5.32 Å². The lowest BCUT2D eigenvalue weighted by Crippen LogP contribution is -2.45. The molecule has 1 N–H and O–H groups in total. The Labute approximate surface area is 114 Å². The van der Waals surface area contributed by atoms with Gasteiger partial charge in [0.25, 0.3) is 0 Å². The van der Waals surface area contributed by atoms with E-state index in [-0.39, 0.29) is 0 Å². The van der Waals surface area contributed by atoms with E-state index in [0.29, 0.717) is 5.41 Å². The minimum Gasteiger partial charge on any atom is -0.314 e. The lowest BCUT2D eigenvalue weighted by Gasteiger charge is -2.44. The van der Waals surface area contributed by atoms with Gasteiger partial charge in [0.2, 0.25) is 0 Å². The first-order valence-corrected chi connectivity index (χ1v) is 8.37. The second-order valence-electron chi connectivity index (χ2n) is 7.39. The molecule has 0 spiro atoms. The highest BCUT2D eigenvalue weighted by molar-refractivity contribution is 4.91. The molecule has 0 aromatic heterocycles. The molecule has 0 aromatic rings. The summed E-state index contributed by atoms with van der Waals surface area (Å²) in [6.45, 7) is 8.44. The van der Waals surface area contributed by atoms with Gasteiger partial charge in [0.1, 0.15) is 0 Å². The summed E-state index contributed by atoms with van der Waals surface area (Å²) >= 11 is 0. The maximum Gasteiger partial charge on any atom is 0.0103 e. The van der Waals surface area contributed by atoms with Gasteiger partial charge >= 0.3 is 0 Å². The minimum atomic E-state index is 0.559. The van der Waals surface area contributed by atoms with Crippen LogP contribution in [0.3, 0.4) is 0 Å². The Kier molecular flexibility index (Phi) is 5.12. The smallest absolute Gasteiger partial charge is 0.0103 e. The van der Waals surface area contributed by atoms with Crippen LogP contribution in [-0.4, -0.2) is 12.6 Å². The van der Waals surface area contributed by atoms with Gasteiger partial charge in [0, 0.05) is 6.04 Å². The average molecular weight is 251 g/mol. The van der Waals surface area contributed by atoms with Crippen molar-refractivity contribution in [3.05, 3.63) is 0 Å². The van der Waals surface area contributed by atoms with Crippen LogP contribution in [0.25, 0.3) is 0 Å². The predicted octanol–water partition coefficient (Wildman–Crippen LogP) is 4.76. The van der Waals surface area contributed by atoms with Crippen LogP contribution in [0.2, 0.25) is 0 Å². The predicted molar refractivity (Wildman–Crippen MR) is 79.8 cm³/mol. The Morgan fingerprint density at radius 2 is 1.72 bits per heavy atom. The number of hydrogen-bond donors (Lipinski definition) is 1. The van der Waals surface area contributed by atoms with E-state index in [2.05, 4.69) is 26.1 Å². The summed E-state index contributed by atoms with van der Waals surface area (Å²) in [5.41, 5.74) is 0.559. The van der Waals surface area contributed by atoms with Crippen molar-refractivity contribution >= 4 is 0 Å². The van der Waals surface area contributed by atoms with Crippen molar-refractivity contribution < 1.29 is 0 Å². The minimum absolute atomic E-state index is 0.559. The third-order valence-corrected chi connectivity index (χ3v) is 5.60. The largest absolute Gasteiger partial charge is 0.314 e. The van der Waals surface area contributed by atoms with E-state index in [1.165, 1.54) is 57.8 Å². The van der Waals surface area contributed by atoms with E-state index in [1.54, 1.807) is 0 Å². The summed E-state index contributed by atoms with van der Waals surface area (Å²) in [6.07, 6.45) is 13.2. The van der Waals surface area contributed by atoms with Crippen LogP contribution in [0, 0.1) is 17.3 Å². The molecule has 2 fully saturated rings. The van der Waals surface area contributed by atoms with Gasteiger partial charge in [-0.15, -0.1) is 0 Å². The molecule has 106 valence electrons. The molecule has 1 heteroatoms. The molecule has 18 heavy (non-hydrogen) atoms. The SMILES string of the molecule is CCNC(CC1CCCC1)C1CCCCC1(C)C. The summed E-state index contributed by atoms with van der Waals surface area (Å²) in [5.74, 6) is 1.93. The van der Waals surface area contributed by atoms with Crippen LogP contribution in [0.4, 0.5) is 0 Å². The first-order valence-electron chi connectivity index (χ1n) is 8.37. The van der Waals surface area contributed by atoms with Crippen molar-refractivity contribution in [3.63, 3.8) is 0 Å². The molecule has 1 nitrogen and oxygen atoms in total. The van der Waals surface area contributed by atoms with Crippen molar-refractivity contribution in [1.29, 1.82) is 0 Å². The quantitative estimate of drug-likeness (QED) is 0.743. The van der Waals surface area contributed by atoms with Gasteiger partial charge in [-0.1, -0.05) is 59.3 Å². The highest BCUT2D eigenvalue weighted by Gasteiger charge is 2.38. The molecule has 0 bridgehead atoms. The van der Waals surface area contributed by atoms with Gasteiger partial charge in [-0.3, -0.25) is 0 Å². The molecule has 0 aromatic carbocycles. The maximum atomic E-state index is 3.83. The van der Waals surface area contributed by atoms with Gasteiger partial charge in [0.15, 0.2) is 0 Å². The molecule has 2 saturated carbocycles. The molecule has 2 unspecified atom stereocenters. The van der Waals surface area contributed by atoms with E-state index in [0.717, 1.165) is 24.4 Å². The van der Waals surface area contributed by atoms with E-state index in [4.69, 9.17) is 0 Å². The number of rotatable bonds is 5. The fourth-order valence-corrected chi connectivity index (χ4v) is 4.52. The highest BCUT2D eigenvalue weighted by Crippen LogP contribution is 2.44. The Morgan fingerprint density at radius 3 is 2.33 bits per heavy atom. The average Bonchev–Trinajstić information content (AvgIpc) is 2.81.